The molecule has 0 aliphatic heterocycles. The van der Waals surface area contributed by atoms with E-state index < -0.39 is 0 Å². The van der Waals surface area contributed by atoms with Crippen LogP contribution in [0.3, 0.4) is 0 Å². The lowest BCUT2D eigenvalue weighted by atomic mass is 10.3. The summed E-state index contributed by atoms with van der Waals surface area (Å²) >= 11 is 10.4. The summed E-state index contributed by atoms with van der Waals surface area (Å²) in [7, 11) is 0. The fourth-order valence-corrected chi connectivity index (χ4v) is 3.95. The van der Waals surface area contributed by atoms with Crippen molar-refractivity contribution in [3.8, 4) is 5.75 Å². The van der Waals surface area contributed by atoms with Crippen LogP contribution in [-0.4, -0.2) is 10.1 Å². The van der Waals surface area contributed by atoms with Gasteiger partial charge in [-0.3, -0.25) is 4.98 Å². The Hall–Kier alpha value is -0.590. The molecule has 1 aromatic heterocycles. The summed E-state index contributed by atoms with van der Waals surface area (Å²) in [6, 6.07) is 7.34. The quantitative estimate of drug-likeness (QED) is 0.733. The molecule has 2 N–H and O–H groups in total. The minimum Gasteiger partial charge on any atom is -0.506 e. The second-order valence-electron chi connectivity index (χ2n) is 3.61. The summed E-state index contributed by atoms with van der Waals surface area (Å²) in [4.78, 5) is 4.12. The van der Waals surface area contributed by atoms with Crippen molar-refractivity contribution in [2.75, 3.05) is 5.32 Å². The highest BCUT2D eigenvalue weighted by Gasteiger charge is 2.06. The Morgan fingerprint density at radius 1 is 1.11 bits per heavy atom. The highest BCUT2D eigenvalue weighted by Crippen LogP contribution is 2.34. The zero-order chi connectivity index (χ0) is 13.1. The second kappa shape index (κ2) is 6.04. The molecule has 0 bridgehead atoms. The van der Waals surface area contributed by atoms with Crippen LogP contribution in [0.1, 0.15) is 5.69 Å². The molecule has 2 rings (SSSR count). The van der Waals surface area contributed by atoms with Crippen LogP contribution in [0, 0.1) is 0 Å². The van der Waals surface area contributed by atoms with Crippen LogP contribution >= 0.6 is 47.8 Å². The number of aromatic hydroxyl groups is 1. The molecule has 2 aromatic rings. The van der Waals surface area contributed by atoms with Gasteiger partial charge in [-0.15, -0.1) is 0 Å². The highest BCUT2D eigenvalue weighted by molar-refractivity contribution is 9.11. The third kappa shape index (κ3) is 3.46. The monoisotopic (exact) mass is 434 g/mol. The smallest absolute Gasteiger partial charge is 0.133 e. The van der Waals surface area contributed by atoms with Crippen molar-refractivity contribution in [1.82, 2.24) is 4.98 Å². The van der Waals surface area contributed by atoms with Gasteiger partial charge in [0.2, 0.25) is 0 Å². The van der Waals surface area contributed by atoms with Crippen molar-refractivity contribution < 1.29 is 5.11 Å². The minimum atomic E-state index is 0.171. The molecule has 0 unspecified atom stereocenters. The summed E-state index contributed by atoms with van der Waals surface area (Å²) in [5.74, 6) is 0.171. The van der Waals surface area contributed by atoms with Gasteiger partial charge in [0.15, 0.2) is 0 Å². The number of rotatable bonds is 3. The van der Waals surface area contributed by atoms with E-state index in [0.29, 0.717) is 6.54 Å². The first-order chi connectivity index (χ1) is 8.56. The van der Waals surface area contributed by atoms with Gasteiger partial charge in [-0.1, -0.05) is 15.9 Å². The Morgan fingerprint density at radius 3 is 2.33 bits per heavy atom. The predicted molar refractivity (Wildman–Crippen MR) is 82.8 cm³/mol. The zero-order valence-electron chi connectivity index (χ0n) is 9.12. The first-order valence-corrected chi connectivity index (χ1v) is 7.46. The van der Waals surface area contributed by atoms with Gasteiger partial charge in [-0.2, -0.15) is 0 Å². The molecule has 1 aromatic carbocycles. The molecule has 1 heterocycles. The predicted octanol–water partition coefficient (Wildman–Crippen LogP) is 4.69. The first-order valence-electron chi connectivity index (χ1n) is 5.08. The van der Waals surface area contributed by atoms with Gasteiger partial charge in [-0.25, -0.2) is 0 Å². The Balaban J connectivity index is 2.13. The average molecular weight is 437 g/mol. The number of benzene rings is 1. The number of pyridine rings is 1. The maximum atomic E-state index is 9.16. The van der Waals surface area contributed by atoms with E-state index in [1.54, 1.807) is 12.1 Å². The Kier molecular flexibility index (Phi) is 4.64. The Labute approximate surface area is 130 Å². The Morgan fingerprint density at radius 2 is 1.78 bits per heavy atom. The fraction of sp³-hybridized carbons (Fsp3) is 0.0833. The van der Waals surface area contributed by atoms with E-state index in [0.717, 1.165) is 24.8 Å². The van der Waals surface area contributed by atoms with Crippen LogP contribution in [0.4, 0.5) is 5.69 Å². The second-order valence-corrected chi connectivity index (χ2v) is 6.23. The fourth-order valence-electron chi connectivity index (χ4n) is 1.41. The van der Waals surface area contributed by atoms with Gasteiger partial charge >= 0.3 is 0 Å². The van der Waals surface area contributed by atoms with Crippen LogP contribution in [-0.2, 0) is 6.54 Å². The van der Waals surface area contributed by atoms with E-state index >= 15 is 0 Å². The van der Waals surface area contributed by atoms with Crippen LogP contribution in [0.25, 0.3) is 0 Å². The normalized spacial score (nSPS) is 10.4. The molecular weight excluding hydrogens is 428 g/mol. The van der Waals surface area contributed by atoms with E-state index in [-0.39, 0.29) is 5.75 Å². The van der Waals surface area contributed by atoms with Crippen LogP contribution in [0.5, 0.6) is 5.75 Å². The van der Waals surface area contributed by atoms with Crippen molar-refractivity contribution in [3.05, 3.63) is 49.6 Å². The third-order valence-corrected chi connectivity index (χ3v) is 3.97. The van der Waals surface area contributed by atoms with Crippen molar-refractivity contribution >= 4 is 53.5 Å². The van der Waals surface area contributed by atoms with Gasteiger partial charge in [-0.05, 0) is 56.1 Å². The molecule has 0 spiro atoms. The maximum absolute atomic E-state index is 9.16. The van der Waals surface area contributed by atoms with E-state index in [2.05, 4.69) is 58.1 Å². The summed E-state index contributed by atoms with van der Waals surface area (Å²) in [6.45, 7) is 0.582. The molecule has 0 atom stereocenters. The topological polar surface area (TPSA) is 45.1 Å². The summed E-state index contributed by atoms with van der Waals surface area (Å²) in [5, 5.41) is 12.4. The number of hydrogen-bond acceptors (Lipinski definition) is 3. The molecule has 0 saturated heterocycles. The lowest BCUT2D eigenvalue weighted by Crippen LogP contribution is -2.02. The average Bonchev–Trinajstić information content (AvgIpc) is 2.30. The van der Waals surface area contributed by atoms with Crippen LogP contribution in [0.2, 0.25) is 0 Å². The Bertz CT molecular complexity index is 535. The van der Waals surface area contributed by atoms with Gasteiger partial charge in [0, 0.05) is 13.4 Å². The summed E-state index contributed by atoms with van der Waals surface area (Å²) in [5.41, 5.74) is 1.82. The van der Waals surface area contributed by atoms with Crippen LogP contribution in [0.15, 0.2) is 43.9 Å². The van der Waals surface area contributed by atoms with Gasteiger partial charge in [0.05, 0.1) is 24.1 Å². The molecule has 0 saturated carbocycles. The van der Waals surface area contributed by atoms with Gasteiger partial charge < -0.3 is 10.4 Å². The number of halogens is 3. The van der Waals surface area contributed by atoms with Crippen molar-refractivity contribution in [2.24, 2.45) is 0 Å². The lowest BCUT2D eigenvalue weighted by Gasteiger charge is -2.11. The van der Waals surface area contributed by atoms with Gasteiger partial charge in [0.1, 0.15) is 5.75 Å². The van der Waals surface area contributed by atoms with E-state index in [9.17, 15) is 0 Å². The number of nitrogens with zero attached hydrogens (tertiary/aromatic N) is 1. The van der Waals surface area contributed by atoms with E-state index in [1.807, 2.05) is 12.1 Å². The van der Waals surface area contributed by atoms with Crippen molar-refractivity contribution in [2.45, 2.75) is 6.54 Å². The SMILES string of the molecule is Oc1ccc(CNc2c(Br)cc(Br)cc2Br)nc1. The molecular formula is C12H9Br3N2O. The third-order valence-electron chi connectivity index (χ3n) is 2.26. The zero-order valence-corrected chi connectivity index (χ0v) is 13.9. The molecule has 0 radical (unpaired) electrons. The highest BCUT2D eigenvalue weighted by atomic mass is 79.9. The van der Waals surface area contributed by atoms with Crippen LogP contribution < -0.4 is 5.32 Å². The van der Waals surface area contributed by atoms with E-state index in [1.165, 1.54) is 6.20 Å². The standard InChI is InChI=1S/C12H9Br3N2O/c13-7-3-10(14)12(11(15)4-7)17-5-8-1-2-9(18)6-16-8/h1-4,6,17-18H,5H2. The maximum Gasteiger partial charge on any atom is 0.133 e. The van der Waals surface area contributed by atoms with Gasteiger partial charge in [0.25, 0.3) is 0 Å². The molecule has 18 heavy (non-hydrogen) atoms. The molecule has 0 fully saturated rings. The molecule has 3 nitrogen and oxygen atoms in total. The van der Waals surface area contributed by atoms with Crippen molar-refractivity contribution in [3.63, 3.8) is 0 Å². The number of aromatic nitrogens is 1. The number of hydrogen-bond donors (Lipinski definition) is 2. The molecule has 94 valence electrons. The summed E-state index contributed by atoms with van der Waals surface area (Å²) in [6.07, 6.45) is 1.43. The first kappa shape index (κ1) is 13.8. The summed E-state index contributed by atoms with van der Waals surface area (Å²) < 4.78 is 2.92. The molecule has 0 amide bonds. The minimum absolute atomic E-state index is 0.171. The molecule has 6 heteroatoms. The van der Waals surface area contributed by atoms with E-state index in [4.69, 9.17) is 5.11 Å². The lowest BCUT2D eigenvalue weighted by molar-refractivity contribution is 0.472. The molecule has 0 aliphatic carbocycles. The largest absolute Gasteiger partial charge is 0.506 e. The number of anilines is 1. The van der Waals surface area contributed by atoms with Crippen molar-refractivity contribution in [1.29, 1.82) is 0 Å². The number of nitrogens with one attached hydrogen (secondary N) is 1. The molecule has 0 aliphatic rings.